The number of amides is 2. The third kappa shape index (κ3) is 5.11. The lowest BCUT2D eigenvalue weighted by Gasteiger charge is -2.28. The summed E-state index contributed by atoms with van der Waals surface area (Å²) >= 11 is 7.25. The minimum atomic E-state index is -0.555. The summed E-state index contributed by atoms with van der Waals surface area (Å²) in [4.78, 5) is 28.8. The molecule has 6 nitrogen and oxygen atoms in total. The maximum atomic E-state index is 13.8. The first-order chi connectivity index (χ1) is 17.1. The highest BCUT2D eigenvalue weighted by atomic mass is 35.5. The number of anilines is 1. The monoisotopic (exact) mass is 502 g/mol. The Morgan fingerprint density at radius 3 is 2.17 bits per heavy atom. The average molecular weight is 503 g/mol. The molecule has 35 heavy (non-hydrogen) atoms. The number of benzene rings is 3. The quantitative estimate of drug-likeness (QED) is 0.371. The number of halogens is 1. The van der Waals surface area contributed by atoms with Crippen molar-refractivity contribution in [1.29, 1.82) is 0 Å². The highest BCUT2D eigenvalue weighted by Gasteiger charge is 2.38. The highest BCUT2D eigenvalue weighted by molar-refractivity contribution is 7.18. The molecule has 4 aromatic rings. The number of likely N-dealkylation sites (tertiary alicyclic amines) is 1. The van der Waals surface area contributed by atoms with Crippen molar-refractivity contribution >= 4 is 39.9 Å². The summed E-state index contributed by atoms with van der Waals surface area (Å²) in [7, 11) is 0. The molecular formula is C27H23ClN4O2S. The molecule has 1 aliphatic heterocycles. The lowest BCUT2D eigenvalue weighted by atomic mass is 9.90. The van der Waals surface area contributed by atoms with E-state index in [-0.39, 0.29) is 11.8 Å². The number of carbonyl (C=O) groups excluding carboxylic acids is 2. The van der Waals surface area contributed by atoms with Gasteiger partial charge in [0.05, 0.1) is 5.92 Å². The lowest BCUT2D eigenvalue weighted by Crippen LogP contribution is -2.45. The Hall–Kier alpha value is -3.55. The molecule has 1 aliphatic rings. The number of nitrogens with zero attached hydrogens (tertiary/aromatic N) is 3. The van der Waals surface area contributed by atoms with Crippen molar-refractivity contribution in [1.82, 2.24) is 15.1 Å². The number of nitrogens with one attached hydrogen (secondary N) is 1. The number of carbonyl (C=O) groups is 2. The average Bonchev–Trinajstić information content (AvgIpc) is 3.56. The van der Waals surface area contributed by atoms with Crippen LogP contribution in [0.25, 0.3) is 10.6 Å². The second kappa shape index (κ2) is 10.4. The SMILES string of the molecule is O=C(Nc1nnc(-c2ccc(Cl)cc2)s1)C1CCCN1C(=O)C(c1ccccc1)c1ccccc1. The van der Waals surface area contributed by atoms with Crippen LogP contribution in [0.4, 0.5) is 5.13 Å². The van der Waals surface area contributed by atoms with Crippen LogP contribution in [-0.4, -0.2) is 39.5 Å². The topological polar surface area (TPSA) is 75.2 Å². The van der Waals surface area contributed by atoms with Crippen molar-refractivity contribution < 1.29 is 9.59 Å². The lowest BCUT2D eigenvalue weighted by molar-refractivity contribution is -0.137. The predicted molar refractivity (Wildman–Crippen MR) is 138 cm³/mol. The third-order valence-corrected chi connectivity index (χ3v) is 7.24. The summed E-state index contributed by atoms with van der Waals surface area (Å²) < 4.78 is 0. The summed E-state index contributed by atoms with van der Waals surface area (Å²) in [5, 5.41) is 12.9. The summed E-state index contributed by atoms with van der Waals surface area (Å²) in [5.41, 5.74) is 2.69. The van der Waals surface area contributed by atoms with Crippen LogP contribution in [0.3, 0.4) is 0 Å². The summed E-state index contributed by atoms with van der Waals surface area (Å²) in [5.74, 6) is -0.780. The van der Waals surface area contributed by atoms with Gasteiger partial charge in [0.1, 0.15) is 11.0 Å². The van der Waals surface area contributed by atoms with E-state index in [1.807, 2.05) is 72.8 Å². The van der Waals surface area contributed by atoms with Gasteiger partial charge in [-0.3, -0.25) is 14.9 Å². The van der Waals surface area contributed by atoms with Gasteiger partial charge in [0, 0.05) is 17.1 Å². The maximum Gasteiger partial charge on any atom is 0.249 e. The van der Waals surface area contributed by atoms with Crippen LogP contribution in [0.2, 0.25) is 5.02 Å². The van der Waals surface area contributed by atoms with Crippen LogP contribution in [0.5, 0.6) is 0 Å². The van der Waals surface area contributed by atoms with Crippen LogP contribution in [-0.2, 0) is 9.59 Å². The van der Waals surface area contributed by atoms with Crippen molar-refractivity contribution in [3.8, 4) is 10.6 Å². The maximum absolute atomic E-state index is 13.8. The van der Waals surface area contributed by atoms with Gasteiger partial charge in [0.15, 0.2) is 0 Å². The van der Waals surface area contributed by atoms with Gasteiger partial charge in [-0.15, -0.1) is 10.2 Å². The highest BCUT2D eigenvalue weighted by Crippen LogP contribution is 2.32. The normalized spacial score (nSPS) is 15.4. The van der Waals surface area contributed by atoms with E-state index < -0.39 is 12.0 Å². The molecule has 0 aliphatic carbocycles. The van der Waals surface area contributed by atoms with E-state index in [1.165, 1.54) is 11.3 Å². The van der Waals surface area contributed by atoms with Crippen molar-refractivity contribution in [3.05, 3.63) is 101 Å². The first-order valence-electron chi connectivity index (χ1n) is 11.4. The molecule has 3 aromatic carbocycles. The van der Waals surface area contributed by atoms with Gasteiger partial charge in [-0.05, 0) is 36.1 Å². The van der Waals surface area contributed by atoms with Crippen molar-refractivity contribution in [2.75, 3.05) is 11.9 Å². The molecule has 1 unspecified atom stereocenters. The molecule has 1 atom stereocenters. The molecule has 0 radical (unpaired) electrons. The molecule has 8 heteroatoms. The molecule has 1 saturated heterocycles. The van der Waals surface area contributed by atoms with E-state index >= 15 is 0 Å². The van der Waals surface area contributed by atoms with Gasteiger partial charge < -0.3 is 4.90 Å². The summed E-state index contributed by atoms with van der Waals surface area (Å²) in [6, 6.07) is 26.2. The van der Waals surface area contributed by atoms with E-state index in [2.05, 4.69) is 15.5 Å². The predicted octanol–water partition coefficient (Wildman–Crippen LogP) is 5.62. The largest absolute Gasteiger partial charge is 0.330 e. The minimum absolute atomic E-state index is 0.0702. The molecule has 5 rings (SSSR count). The van der Waals surface area contributed by atoms with Gasteiger partial charge in [-0.1, -0.05) is 95.7 Å². The molecule has 2 amide bonds. The van der Waals surface area contributed by atoms with Crippen molar-refractivity contribution in [2.24, 2.45) is 0 Å². The van der Waals surface area contributed by atoms with E-state index in [0.29, 0.717) is 28.1 Å². The molecule has 176 valence electrons. The third-order valence-electron chi connectivity index (χ3n) is 6.10. The molecule has 0 spiro atoms. The molecule has 0 saturated carbocycles. The van der Waals surface area contributed by atoms with Gasteiger partial charge >= 0.3 is 0 Å². The van der Waals surface area contributed by atoms with Crippen molar-refractivity contribution in [3.63, 3.8) is 0 Å². The zero-order chi connectivity index (χ0) is 24.2. The molecular weight excluding hydrogens is 480 g/mol. The Bertz CT molecular complexity index is 1270. The molecule has 1 aromatic heterocycles. The Morgan fingerprint density at radius 1 is 0.914 bits per heavy atom. The Kier molecular flexibility index (Phi) is 6.88. The van der Waals surface area contributed by atoms with Crippen LogP contribution in [0.15, 0.2) is 84.9 Å². The van der Waals surface area contributed by atoms with Gasteiger partial charge in [0.25, 0.3) is 0 Å². The first kappa shape index (κ1) is 23.2. The van der Waals surface area contributed by atoms with E-state index in [4.69, 9.17) is 11.6 Å². The number of hydrogen-bond donors (Lipinski definition) is 1. The van der Waals surface area contributed by atoms with E-state index in [9.17, 15) is 9.59 Å². The second-order valence-corrected chi connectivity index (χ2v) is 9.77. The van der Waals surface area contributed by atoms with Crippen molar-refractivity contribution in [2.45, 2.75) is 24.8 Å². The van der Waals surface area contributed by atoms with E-state index in [0.717, 1.165) is 23.1 Å². The van der Waals surface area contributed by atoms with Crippen LogP contribution in [0.1, 0.15) is 29.9 Å². The fraction of sp³-hybridized carbons (Fsp3) is 0.185. The molecule has 1 N–H and O–H groups in total. The Labute approximate surface area is 212 Å². The van der Waals surface area contributed by atoms with E-state index in [1.54, 1.807) is 17.0 Å². The summed E-state index contributed by atoms with van der Waals surface area (Å²) in [6.45, 7) is 0.541. The standard InChI is InChI=1S/C27H23ClN4O2S/c28-21-15-13-20(14-16-21)25-30-31-27(35-25)29-24(33)22-12-7-17-32(22)26(34)23(18-8-3-1-4-9-18)19-10-5-2-6-11-19/h1-6,8-11,13-16,22-23H,7,12,17H2,(H,29,31,33). The van der Waals surface area contributed by atoms with Crippen LogP contribution < -0.4 is 5.32 Å². The molecule has 2 heterocycles. The molecule has 0 bridgehead atoms. The minimum Gasteiger partial charge on any atom is -0.330 e. The Balaban J connectivity index is 1.35. The van der Waals surface area contributed by atoms with Gasteiger partial charge in [0.2, 0.25) is 16.9 Å². The number of rotatable bonds is 6. The second-order valence-electron chi connectivity index (χ2n) is 8.35. The number of hydrogen-bond acceptors (Lipinski definition) is 5. The van der Waals surface area contributed by atoms with Gasteiger partial charge in [-0.2, -0.15) is 0 Å². The fourth-order valence-corrected chi connectivity index (χ4v) is 5.29. The first-order valence-corrected chi connectivity index (χ1v) is 12.6. The zero-order valence-corrected chi connectivity index (χ0v) is 20.4. The number of aromatic nitrogens is 2. The van der Waals surface area contributed by atoms with Crippen LogP contribution >= 0.6 is 22.9 Å². The fourth-order valence-electron chi connectivity index (χ4n) is 4.41. The summed E-state index contributed by atoms with van der Waals surface area (Å²) in [6.07, 6.45) is 1.38. The van der Waals surface area contributed by atoms with Gasteiger partial charge in [-0.25, -0.2) is 0 Å². The molecule has 1 fully saturated rings. The Morgan fingerprint density at radius 2 is 1.54 bits per heavy atom. The zero-order valence-electron chi connectivity index (χ0n) is 18.8. The smallest absolute Gasteiger partial charge is 0.249 e. The van der Waals surface area contributed by atoms with Crippen LogP contribution in [0, 0.1) is 0 Å².